The molecule has 0 spiro atoms. The topological polar surface area (TPSA) is 58.6 Å². The van der Waals surface area contributed by atoms with Gasteiger partial charge in [-0.25, -0.2) is 0 Å². The largest absolute Gasteiger partial charge is 0.479 e. The Morgan fingerprint density at radius 2 is 2.33 bits per heavy atom. The standard InChI is InChI=1S/C13H19NO3S/c1-2-3-5-10-11(6-4-9-18)17-12(7-8-15)13(16)14-10/h2-3,5-6,12,15,18H,4,7-9H2,1H3,(H,14,16)/b3-2-,10-5+,11-6+. The lowest BCUT2D eigenvalue weighted by Gasteiger charge is -2.27. The maximum atomic E-state index is 11.7. The summed E-state index contributed by atoms with van der Waals surface area (Å²) in [7, 11) is 0. The van der Waals surface area contributed by atoms with E-state index in [9.17, 15) is 4.79 Å². The van der Waals surface area contributed by atoms with Gasteiger partial charge in [0.1, 0.15) is 5.76 Å². The molecule has 2 N–H and O–H groups in total. The van der Waals surface area contributed by atoms with Gasteiger partial charge in [0.2, 0.25) is 0 Å². The van der Waals surface area contributed by atoms with E-state index in [0.717, 1.165) is 6.42 Å². The summed E-state index contributed by atoms with van der Waals surface area (Å²) in [6.45, 7) is 1.82. The van der Waals surface area contributed by atoms with Gasteiger partial charge in [0.25, 0.3) is 5.91 Å². The molecule has 0 radical (unpaired) electrons. The van der Waals surface area contributed by atoms with Crippen LogP contribution in [0.3, 0.4) is 0 Å². The van der Waals surface area contributed by atoms with Crippen molar-refractivity contribution in [2.75, 3.05) is 12.4 Å². The highest BCUT2D eigenvalue weighted by molar-refractivity contribution is 7.80. The second-order valence-corrected chi connectivity index (χ2v) is 4.24. The minimum Gasteiger partial charge on any atom is -0.479 e. The molecule has 1 aliphatic heterocycles. The first-order chi connectivity index (χ1) is 8.72. The van der Waals surface area contributed by atoms with Crippen molar-refractivity contribution < 1.29 is 14.6 Å². The first-order valence-corrected chi connectivity index (χ1v) is 6.59. The van der Waals surface area contributed by atoms with E-state index < -0.39 is 6.10 Å². The van der Waals surface area contributed by atoms with Crippen LogP contribution in [0.15, 0.2) is 35.8 Å². The first kappa shape index (κ1) is 14.9. The normalized spacial score (nSPS) is 24.6. The van der Waals surface area contributed by atoms with Crippen LogP contribution in [-0.4, -0.2) is 29.5 Å². The molecular formula is C13H19NO3S. The van der Waals surface area contributed by atoms with Gasteiger partial charge in [-0.3, -0.25) is 4.79 Å². The summed E-state index contributed by atoms with van der Waals surface area (Å²) in [5.74, 6) is 1.13. The number of carbonyl (C=O) groups is 1. The summed E-state index contributed by atoms with van der Waals surface area (Å²) in [6.07, 6.45) is 7.82. The molecule has 1 atom stereocenters. The molecule has 1 aliphatic rings. The quantitative estimate of drug-likeness (QED) is 0.664. The van der Waals surface area contributed by atoms with Crippen molar-refractivity contribution in [3.05, 3.63) is 35.8 Å². The van der Waals surface area contributed by atoms with Crippen LogP contribution in [0.4, 0.5) is 0 Å². The lowest BCUT2D eigenvalue weighted by molar-refractivity contribution is -0.132. The van der Waals surface area contributed by atoms with Crippen molar-refractivity contribution in [2.24, 2.45) is 0 Å². The monoisotopic (exact) mass is 269 g/mol. The Kier molecular flexibility index (Phi) is 6.60. The molecule has 0 aromatic rings. The van der Waals surface area contributed by atoms with E-state index >= 15 is 0 Å². The van der Waals surface area contributed by atoms with Gasteiger partial charge < -0.3 is 15.2 Å². The van der Waals surface area contributed by atoms with Gasteiger partial charge in [-0.15, -0.1) is 0 Å². The van der Waals surface area contributed by atoms with Gasteiger partial charge in [0, 0.05) is 13.0 Å². The fraction of sp³-hybridized carbons (Fsp3) is 0.462. The summed E-state index contributed by atoms with van der Waals surface area (Å²) in [5, 5.41) is 11.7. The van der Waals surface area contributed by atoms with Crippen molar-refractivity contribution in [3.63, 3.8) is 0 Å². The number of aliphatic hydroxyl groups excluding tert-OH is 1. The van der Waals surface area contributed by atoms with Crippen LogP contribution in [0.25, 0.3) is 0 Å². The Morgan fingerprint density at radius 1 is 1.56 bits per heavy atom. The fourth-order valence-corrected chi connectivity index (χ4v) is 1.65. The molecule has 0 aromatic carbocycles. The predicted octanol–water partition coefficient (Wildman–Crippen LogP) is 1.55. The molecule has 0 bridgehead atoms. The number of nitrogens with one attached hydrogen (secondary N) is 1. The number of allylic oxidation sites excluding steroid dienone is 4. The van der Waals surface area contributed by atoms with Crippen molar-refractivity contribution >= 4 is 18.5 Å². The maximum Gasteiger partial charge on any atom is 0.265 e. The maximum absolute atomic E-state index is 11.7. The lowest BCUT2D eigenvalue weighted by Crippen LogP contribution is -2.42. The Morgan fingerprint density at radius 3 is 2.94 bits per heavy atom. The molecule has 18 heavy (non-hydrogen) atoms. The number of thiol groups is 1. The van der Waals surface area contributed by atoms with Crippen LogP contribution in [0.1, 0.15) is 19.8 Å². The average Bonchev–Trinajstić information content (AvgIpc) is 2.37. The Hall–Kier alpha value is -1.20. The molecule has 100 valence electrons. The number of hydrogen-bond acceptors (Lipinski definition) is 4. The molecule has 1 unspecified atom stereocenters. The average molecular weight is 269 g/mol. The summed E-state index contributed by atoms with van der Waals surface area (Å²) in [4.78, 5) is 11.7. The van der Waals surface area contributed by atoms with Crippen LogP contribution in [0.2, 0.25) is 0 Å². The van der Waals surface area contributed by atoms with Crippen molar-refractivity contribution in [3.8, 4) is 0 Å². The van der Waals surface area contributed by atoms with Crippen LogP contribution in [-0.2, 0) is 9.53 Å². The molecule has 1 heterocycles. The molecule has 4 nitrogen and oxygen atoms in total. The molecule has 1 saturated heterocycles. The van der Waals surface area contributed by atoms with Crippen molar-refractivity contribution in [1.82, 2.24) is 5.32 Å². The number of rotatable bonds is 5. The zero-order valence-electron chi connectivity index (χ0n) is 10.4. The minimum absolute atomic E-state index is 0.0775. The molecule has 5 heteroatoms. The third-order valence-electron chi connectivity index (χ3n) is 2.39. The van der Waals surface area contributed by atoms with Gasteiger partial charge >= 0.3 is 0 Å². The van der Waals surface area contributed by atoms with Gasteiger partial charge in [-0.2, -0.15) is 12.6 Å². The van der Waals surface area contributed by atoms with E-state index in [4.69, 9.17) is 9.84 Å². The van der Waals surface area contributed by atoms with Crippen molar-refractivity contribution in [1.29, 1.82) is 0 Å². The minimum atomic E-state index is -0.621. The summed E-state index contributed by atoms with van der Waals surface area (Å²) >= 11 is 4.14. The van der Waals surface area contributed by atoms with Crippen LogP contribution in [0.5, 0.6) is 0 Å². The smallest absolute Gasteiger partial charge is 0.265 e. The SMILES string of the molecule is C\C=C/C=C1/NC(=O)C(CCO)O/C1=C/CCS. The molecule has 1 rings (SSSR count). The number of aliphatic hydroxyl groups is 1. The van der Waals surface area contributed by atoms with Gasteiger partial charge in [-0.1, -0.05) is 12.2 Å². The van der Waals surface area contributed by atoms with E-state index in [1.165, 1.54) is 0 Å². The number of carbonyl (C=O) groups excluding carboxylic acids is 1. The number of ether oxygens (including phenoxy) is 1. The zero-order chi connectivity index (χ0) is 13.4. The summed E-state index contributed by atoms with van der Waals surface area (Å²) < 4.78 is 5.60. The van der Waals surface area contributed by atoms with Crippen LogP contribution < -0.4 is 5.32 Å². The molecule has 0 saturated carbocycles. The molecule has 1 amide bonds. The highest BCUT2D eigenvalue weighted by atomic mass is 32.1. The summed E-state index contributed by atoms with van der Waals surface area (Å²) in [6, 6.07) is 0. The van der Waals surface area contributed by atoms with E-state index in [1.807, 2.05) is 25.2 Å². The summed E-state index contributed by atoms with van der Waals surface area (Å²) in [5.41, 5.74) is 0.647. The Balaban J connectivity index is 2.87. The lowest BCUT2D eigenvalue weighted by atomic mass is 10.1. The number of hydrogen-bond donors (Lipinski definition) is 3. The second kappa shape index (κ2) is 8.00. The van der Waals surface area contributed by atoms with Gasteiger partial charge in [0.15, 0.2) is 6.10 Å². The van der Waals surface area contributed by atoms with E-state index in [1.54, 1.807) is 6.08 Å². The Labute approximate surface area is 113 Å². The van der Waals surface area contributed by atoms with E-state index in [0.29, 0.717) is 23.6 Å². The highest BCUT2D eigenvalue weighted by Crippen LogP contribution is 2.20. The highest BCUT2D eigenvalue weighted by Gasteiger charge is 2.28. The fourth-order valence-electron chi connectivity index (χ4n) is 1.52. The van der Waals surface area contributed by atoms with Gasteiger partial charge in [0.05, 0.1) is 5.70 Å². The zero-order valence-corrected chi connectivity index (χ0v) is 11.3. The van der Waals surface area contributed by atoms with E-state index in [2.05, 4.69) is 17.9 Å². The van der Waals surface area contributed by atoms with Crippen LogP contribution >= 0.6 is 12.6 Å². The molecule has 0 aromatic heterocycles. The van der Waals surface area contributed by atoms with Gasteiger partial charge in [-0.05, 0) is 31.2 Å². The third kappa shape index (κ3) is 4.23. The second-order valence-electron chi connectivity index (χ2n) is 3.79. The molecular weight excluding hydrogens is 250 g/mol. The molecule has 1 fully saturated rings. The first-order valence-electron chi connectivity index (χ1n) is 5.95. The number of morpholine rings is 1. The third-order valence-corrected chi connectivity index (χ3v) is 2.65. The molecule has 0 aliphatic carbocycles. The number of amides is 1. The van der Waals surface area contributed by atoms with Crippen molar-refractivity contribution in [2.45, 2.75) is 25.9 Å². The Bertz CT molecular complexity index is 374. The predicted molar refractivity (Wildman–Crippen MR) is 74.2 cm³/mol. The van der Waals surface area contributed by atoms with Crippen LogP contribution in [0, 0.1) is 0 Å². The van der Waals surface area contributed by atoms with E-state index in [-0.39, 0.29) is 12.5 Å².